The number of aryl methyl sites for hydroxylation is 2. The van der Waals surface area contributed by atoms with E-state index >= 15 is 0 Å². The molecular formula is C21H23ClN2O4. The lowest BCUT2D eigenvalue weighted by molar-refractivity contribution is -0.153. The molecular weight excluding hydrogens is 380 g/mol. The monoisotopic (exact) mass is 402 g/mol. The third kappa shape index (κ3) is 6.09. The summed E-state index contributed by atoms with van der Waals surface area (Å²) in [5.74, 6) is -1.29. The molecule has 0 heterocycles. The van der Waals surface area contributed by atoms with Gasteiger partial charge in [0.05, 0.1) is 6.42 Å². The third-order valence-electron chi connectivity index (χ3n) is 4.14. The van der Waals surface area contributed by atoms with Crippen LogP contribution >= 0.6 is 11.6 Å². The zero-order chi connectivity index (χ0) is 20.7. The van der Waals surface area contributed by atoms with Crippen molar-refractivity contribution >= 4 is 35.1 Å². The van der Waals surface area contributed by atoms with Crippen LogP contribution in [-0.4, -0.2) is 30.4 Å². The standard InChI is InChI=1S/C21H23ClN2O4/c1-13-6-4-5-7-17(13)21(27)23-11-10-19(25)28-15(3)20(26)24-18-12-16(22)9-8-14(18)2/h4-9,12,15H,10-11H2,1-3H3,(H,23,27)(H,24,26). The van der Waals surface area contributed by atoms with Crippen LogP contribution in [0.1, 0.15) is 34.8 Å². The molecule has 1 unspecified atom stereocenters. The summed E-state index contributed by atoms with van der Waals surface area (Å²) in [4.78, 5) is 36.3. The number of benzene rings is 2. The summed E-state index contributed by atoms with van der Waals surface area (Å²) in [7, 11) is 0. The average molecular weight is 403 g/mol. The molecule has 7 heteroatoms. The van der Waals surface area contributed by atoms with E-state index in [0.29, 0.717) is 16.3 Å². The number of carbonyl (C=O) groups excluding carboxylic acids is 3. The van der Waals surface area contributed by atoms with Gasteiger partial charge >= 0.3 is 5.97 Å². The summed E-state index contributed by atoms with van der Waals surface area (Å²) < 4.78 is 5.13. The molecule has 1 atom stereocenters. The van der Waals surface area contributed by atoms with Gasteiger partial charge in [0.1, 0.15) is 0 Å². The van der Waals surface area contributed by atoms with E-state index in [2.05, 4.69) is 10.6 Å². The van der Waals surface area contributed by atoms with E-state index in [9.17, 15) is 14.4 Å². The predicted octanol–water partition coefficient (Wildman–Crippen LogP) is 3.65. The normalized spacial score (nSPS) is 11.4. The molecule has 148 valence electrons. The second-order valence-corrected chi connectivity index (χ2v) is 6.84. The molecule has 0 aromatic heterocycles. The number of amides is 2. The molecule has 0 aliphatic rings. The van der Waals surface area contributed by atoms with Crippen molar-refractivity contribution < 1.29 is 19.1 Å². The van der Waals surface area contributed by atoms with Gasteiger partial charge in [-0.05, 0) is 50.1 Å². The molecule has 0 saturated carbocycles. The first-order chi connectivity index (χ1) is 13.3. The van der Waals surface area contributed by atoms with E-state index in [1.165, 1.54) is 6.92 Å². The molecule has 2 N–H and O–H groups in total. The van der Waals surface area contributed by atoms with E-state index in [4.69, 9.17) is 16.3 Å². The van der Waals surface area contributed by atoms with Gasteiger partial charge in [-0.2, -0.15) is 0 Å². The number of anilines is 1. The third-order valence-corrected chi connectivity index (χ3v) is 4.37. The van der Waals surface area contributed by atoms with E-state index in [1.807, 2.05) is 26.0 Å². The fourth-order valence-electron chi connectivity index (χ4n) is 2.47. The Morgan fingerprint density at radius 2 is 1.79 bits per heavy atom. The van der Waals surface area contributed by atoms with Crippen LogP contribution in [0.15, 0.2) is 42.5 Å². The number of esters is 1. The van der Waals surface area contributed by atoms with Gasteiger partial charge in [-0.25, -0.2) is 0 Å². The molecule has 0 saturated heterocycles. The summed E-state index contributed by atoms with van der Waals surface area (Å²) >= 11 is 5.93. The minimum absolute atomic E-state index is 0.0363. The van der Waals surface area contributed by atoms with Crippen LogP contribution < -0.4 is 10.6 Å². The Kier molecular flexibility index (Phi) is 7.58. The molecule has 0 fully saturated rings. The Hall–Kier alpha value is -2.86. The second kappa shape index (κ2) is 9.90. The first-order valence-electron chi connectivity index (χ1n) is 8.88. The van der Waals surface area contributed by atoms with Gasteiger partial charge in [-0.15, -0.1) is 0 Å². The fourth-order valence-corrected chi connectivity index (χ4v) is 2.65. The first-order valence-corrected chi connectivity index (χ1v) is 9.26. The number of ether oxygens (including phenoxy) is 1. The topological polar surface area (TPSA) is 84.5 Å². The molecule has 2 aromatic carbocycles. The highest BCUT2D eigenvalue weighted by Crippen LogP contribution is 2.20. The minimum Gasteiger partial charge on any atom is -0.452 e. The Morgan fingerprint density at radius 1 is 1.07 bits per heavy atom. The highest BCUT2D eigenvalue weighted by Gasteiger charge is 2.19. The van der Waals surface area contributed by atoms with Crippen LogP contribution in [0.3, 0.4) is 0 Å². The number of carbonyl (C=O) groups is 3. The van der Waals surface area contributed by atoms with E-state index in [1.54, 1.807) is 30.3 Å². The van der Waals surface area contributed by atoms with Crippen molar-refractivity contribution in [3.63, 3.8) is 0 Å². The summed E-state index contributed by atoms with van der Waals surface area (Å²) in [6.45, 7) is 5.28. The van der Waals surface area contributed by atoms with Gasteiger partial charge in [-0.3, -0.25) is 14.4 Å². The summed E-state index contributed by atoms with van der Waals surface area (Å²) in [6.07, 6.45) is -1.01. The molecule has 2 amide bonds. The number of nitrogens with one attached hydrogen (secondary N) is 2. The van der Waals surface area contributed by atoms with E-state index in [0.717, 1.165) is 11.1 Å². The number of halogens is 1. The van der Waals surface area contributed by atoms with Crippen molar-refractivity contribution in [1.29, 1.82) is 0 Å². The lowest BCUT2D eigenvalue weighted by Crippen LogP contribution is -2.32. The first kappa shape index (κ1) is 21.4. The SMILES string of the molecule is Cc1ccc(Cl)cc1NC(=O)C(C)OC(=O)CCNC(=O)c1ccccc1C. The Labute approximate surface area is 169 Å². The average Bonchev–Trinajstić information content (AvgIpc) is 2.64. The quantitative estimate of drug-likeness (QED) is 0.692. The van der Waals surface area contributed by atoms with Gasteiger partial charge in [0.2, 0.25) is 0 Å². The van der Waals surface area contributed by atoms with Crippen molar-refractivity contribution in [2.75, 3.05) is 11.9 Å². The number of hydrogen-bond donors (Lipinski definition) is 2. The van der Waals surface area contributed by atoms with Gasteiger partial charge in [-0.1, -0.05) is 35.9 Å². The Morgan fingerprint density at radius 3 is 2.50 bits per heavy atom. The van der Waals surface area contributed by atoms with Crippen molar-refractivity contribution in [3.05, 3.63) is 64.2 Å². The van der Waals surface area contributed by atoms with Gasteiger partial charge < -0.3 is 15.4 Å². The van der Waals surface area contributed by atoms with Crippen LogP contribution in [0.25, 0.3) is 0 Å². The summed E-state index contributed by atoms with van der Waals surface area (Å²) in [6, 6.07) is 12.3. The molecule has 0 spiro atoms. The van der Waals surface area contributed by atoms with Crippen LogP contribution in [0.2, 0.25) is 5.02 Å². The van der Waals surface area contributed by atoms with Crippen molar-refractivity contribution in [3.8, 4) is 0 Å². The molecule has 0 bridgehead atoms. The van der Waals surface area contributed by atoms with Crippen LogP contribution in [-0.2, 0) is 14.3 Å². The molecule has 0 aliphatic heterocycles. The summed E-state index contributed by atoms with van der Waals surface area (Å²) in [5, 5.41) is 5.85. The van der Waals surface area contributed by atoms with Crippen molar-refractivity contribution in [1.82, 2.24) is 5.32 Å². The molecule has 6 nitrogen and oxygen atoms in total. The van der Waals surface area contributed by atoms with Gasteiger partial charge in [0.15, 0.2) is 6.10 Å². The molecule has 28 heavy (non-hydrogen) atoms. The molecule has 2 aromatic rings. The zero-order valence-corrected chi connectivity index (χ0v) is 16.8. The molecule has 0 radical (unpaired) electrons. The Bertz CT molecular complexity index is 882. The van der Waals surface area contributed by atoms with Gasteiger partial charge in [0, 0.05) is 22.8 Å². The maximum Gasteiger partial charge on any atom is 0.308 e. The summed E-state index contributed by atoms with van der Waals surface area (Å²) in [5.41, 5.74) is 2.81. The second-order valence-electron chi connectivity index (χ2n) is 6.40. The van der Waals surface area contributed by atoms with Crippen LogP contribution in [0.4, 0.5) is 5.69 Å². The van der Waals surface area contributed by atoms with Crippen LogP contribution in [0, 0.1) is 13.8 Å². The van der Waals surface area contributed by atoms with Gasteiger partial charge in [0.25, 0.3) is 11.8 Å². The zero-order valence-electron chi connectivity index (χ0n) is 16.0. The minimum atomic E-state index is -0.974. The number of hydrogen-bond acceptors (Lipinski definition) is 4. The Balaban J connectivity index is 1.79. The maximum absolute atomic E-state index is 12.2. The predicted molar refractivity (Wildman–Crippen MR) is 109 cm³/mol. The highest BCUT2D eigenvalue weighted by molar-refractivity contribution is 6.31. The largest absolute Gasteiger partial charge is 0.452 e. The smallest absolute Gasteiger partial charge is 0.308 e. The van der Waals surface area contributed by atoms with E-state index < -0.39 is 18.0 Å². The molecule has 0 aliphatic carbocycles. The maximum atomic E-state index is 12.2. The number of rotatable bonds is 7. The lowest BCUT2D eigenvalue weighted by atomic mass is 10.1. The fraction of sp³-hybridized carbons (Fsp3) is 0.286. The van der Waals surface area contributed by atoms with Crippen molar-refractivity contribution in [2.24, 2.45) is 0 Å². The van der Waals surface area contributed by atoms with E-state index in [-0.39, 0.29) is 18.9 Å². The highest BCUT2D eigenvalue weighted by atomic mass is 35.5. The van der Waals surface area contributed by atoms with Crippen LogP contribution in [0.5, 0.6) is 0 Å². The molecule has 2 rings (SSSR count). The lowest BCUT2D eigenvalue weighted by Gasteiger charge is -2.15. The van der Waals surface area contributed by atoms with Crippen molar-refractivity contribution in [2.45, 2.75) is 33.3 Å².